The lowest BCUT2D eigenvalue weighted by Crippen LogP contribution is -2.47. The van der Waals surface area contributed by atoms with Gasteiger partial charge in [0.1, 0.15) is 11.9 Å². The number of carbonyl (C=O) groups excluding carboxylic acids is 1. The summed E-state index contributed by atoms with van der Waals surface area (Å²) in [6, 6.07) is 15.1. The van der Waals surface area contributed by atoms with Gasteiger partial charge in [0.15, 0.2) is 0 Å². The Morgan fingerprint density at radius 2 is 1.76 bits per heavy atom. The summed E-state index contributed by atoms with van der Waals surface area (Å²) < 4.78 is 11.9. The SMILES string of the molecule is O=C(OC1CC2CCC(C1)N2CCCOc1ccccc1)N(Cc1ccsc1)c1ccsc1. The second-order valence-electron chi connectivity index (χ2n) is 8.81. The normalized spacial score (nSPS) is 22.2. The summed E-state index contributed by atoms with van der Waals surface area (Å²) in [6.45, 7) is 2.32. The third kappa shape index (κ3) is 5.60. The van der Waals surface area contributed by atoms with Gasteiger partial charge in [-0.1, -0.05) is 18.2 Å². The molecule has 0 saturated carbocycles. The van der Waals surface area contributed by atoms with E-state index in [-0.39, 0.29) is 12.2 Å². The molecule has 0 aliphatic carbocycles. The fourth-order valence-electron chi connectivity index (χ4n) is 5.08. The van der Waals surface area contributed by atoms with Crippen LogP contribution in [0.25, 0.3) is 0 Å². The third-order valence-corrected chi connectivity index (χ3v) is 8.04. The summed E-state index contributed by atoms with van der Waals surface area (Å²) in [5.74, 6) is 0.934. The van der Waals surface area contributed by atoms with Gasteiger partial charge < -0.3 is 9.47 Å². The minimum atomic E-state index is -0.228. The number of ether oxygens (including phenoxy) is 2. The summed E-state index contributed by atoms with van der Waals surface area (Å²) in [6.07, 6.45) is 5.03. The number of thiophene rings is 2. The number of anilines is 1. The molecule has 2 unspecified atom stereocenters. The van der Waals surface area contributed by atoms with Crippen LogP contribution < -0.4 is 9.64 Å². The van der Waals surface area contributed by atoms with E-state index in [4.69, 9.17) is 9.47 Å². The van der Waals surface area contributed by atoms with Crippen LogP contribution in [-0.2, 0) is 11.3 Å². The first-order valence-corrected chi connectivity index (χ1v) is 13.6. The van der Waals surface area contributed by atoms with E-state index < -0.39 is 0 Å². The molecule has 2 fully saturated rings. The van der Waals surface area contributed by atoms with Crippen molar-refractivity contribution in [3.05, 3.63) is 69.5 Å². The van der Waals surface area contributed by atoms with E-state index in [1.807, 2.05) is 52.5 Å². The molecule has 1 amide bonds. The van der Waals surface area contributed by atoms with Crippen molar-refractivity contribution in [1.82, 2.24) is 4.90 Å². The van der Waals surface area contributed by atoms with Gasteiger partial charge in [-0.05, 0) is 65.2 Å². The van der Waals surface area contributed by atoms with E-state index >= 15 is 0 Å². The fourth-order valence-corrected chi connectivity index (χ4v) is 6.38. The summed E-state index contributed by atoms with van der Waals surface area (Å²) >= 11 is 3.25. The Bertz CT molecular complexity index is 980. The second kappa shape index (κ2) is 10.7. The first-order valence-electron chi connectivity index (χ1n) is 11.7. The summed E-state index contributed by atoms with van der Waals surface area (Å²) in [5.41, 5.74) is 2.05. The van der Waals surface area contributed by atoms with Crippen molar-refractivity contribution in [2.45, 2.75) is 56.8 Å². The van der Waals surface area contributed by atoms with Gasteiger partial charge in [0.05, 0.1) is 18.8 Å². The molecule has 2 aliphatic heterocycles. The van der Waals surface area contributed by atoms with E-state index in [9.17, 15) is 4.79 Å². The Hall–Kier alpha value is -2.35. The van der Waals surface area contributed by atoms with Crippen LogP contribution in [0.1, 0.15) is 37.7 Å². The Morgan fingerprint density at radius 1 is 1.00 bits per heavy atom. The van der Waals surface area contributed by atoms with Crippen molar-refractivity contribution < 1.29 is 14.3 Å². The number of amides is 1. The van der Waals surface area contributed by atoms with Crippen LogP contribution in [-0.4, -0.2) is 42.3 Å². The van der Waals surface area contributed by atoms with Gasteiger partial charge in [-0.2, -0.15) is 22.7 Å². The van der Waals surface area contributed by atoms with Crippen LogP contribution in [0, 0.1) is 0 Å². The van der Waals surface area contributed by atoms with Gasteiger partial charge in [-0.25, -0.2) is 4.79 Å². The molecular formula is C26H30N2O3S2. The predicted octanol–water partition coefficient (Wildman–Crippen LogP) is 6.42. The zero-order valence-electron chi connectivity index (χ0n) is 18.7. The smallest absolute Gasteiger partial charge is 0.414 e. The molecule has 174 valence electrons. The molecule has 2 aromatic heterocycles. The van der Waals surface area contributed by atoms with Crippen molar-refractivity contribution >= 4 is 34.5 Å². The first-order chi connectivity index (χ1) is 16.3. The standard InChI is InChI=1S/C26H30N2O3S2/c29-26(28(23-10-14-33-19-23)17-20-9-13-32-18-20)31-25-15-21-7-8-22(16-25)27(21)11-4-12-30-24-5-2-1-3-6-24/h1-3,5-6,9-10,13-14,18-19,21-22,25H,4,7-8,11-12,15-17H2. The maximum absolute atomic E-state index is 13.2. The number of benzene rings is 1. The van der Waals surface area contributed by atoms with Crippen LogP contribution in [0.2, 0.25) is 0 Å². The van der Waals surface area contributed by atoms with Crippen molar-refractivity contribution in [3.63, 3.8) is 0 Å². The number of hydrogen-bond donors (Lipinski definition) is 0. The molecule has 2 saturated heterocycles. The van der Waals surface area contributed by atoms with Crippen LogP contribution in [0.3, 0.4) is 0 Å². The maximum Gasteiger partial charge on any atom is 0.414 e. The molecule has 4 heterocycles. The highest BCUT2D eigenvalue weighted by Crippen LogP contribution is 2.37. The largest absolute Gasteiger partial charge is 0.494 e. The second-order valence-corrected chi connectivity index (χ2v) is 10.4. The lowest BCUT2D eigenvalue weighted by molar-refractivity contribution is 0.0190. The third-order valence-electron chi connectivity index (χ3n) is 6.64. The van der Waals surface area contributed by atoms with Gasteiger partial charge in [-0.15, -0.1) is 0 Å². The van der Waals surface area contributed by atoms with Gasteiger partial charge in [0.2, 0.25) is 0 Å². The zero-order chi connectivity index (χ0) is 22.5. The van der Waals surface area contributed by atoms with Crippen LogP contribution in [0.5, 0.6) is 5.75 Å². The van der Waals surface area contributed by atoms with E-state index in [0.717, 1.165) is 49.4 Å². The predicted molar refractivity (Wildman–Crippen MR) is 134 cm³/mol. The molecule has 2 aliphatic rings. The summed E-state index contributed by atoms with van der Waals surface area (Å²) in [4.78, 5) is 17.6. The molecule has 2 bridgehead atoms. The molecule has 5 nitrogen and oxygen atoms in total. The average Bonchev–Trinajstić information content (AvgIpc) is 3.58. The van der Waals surface area contributed by atoms with Crippen LogP contribution >= 0.6 is 22.7 Å². The quantitative estimate of drug-likeness (QED) is 0.330. The minimum absolute atomic E-state index is 0.00423. The maximum atomic E-state index is 13.2. The highest BCUT2D eigenvalue weighted by Gasteiger charge is 2.42. The number of piperidine rings is 1. The van der Waals surface area contributed by atoms with E-state index in [1.165, 1.54) is 12.8 Å². The molecule has 0 spiro atoms. The monoisotopic (exact) mass is 482 g/mol. The molecule has 0 radical (unpaired) electrons. The number of nitrogens with zero attached hydrogens (tertiary/aromatic N) is 2. The van der Waals surface area contributed by atoms with Gasteiger partial charge in [0, 0.05) is 36.9 Å². The molecule has 2 atom stereocenters. The molecule has 5 rings (SSSR count). The summed E-state index contributed by atoms with van der Waals surface area (Å²) in [7, 11) is 0. The lowest BCUT2D eigenvalue weighted by atomic mass is 9.99. The number of para-hydroxylation sites is 1. The van der Waals surface area contributed by atoms with Crippen molar-refractivity contribution in [2.75, 3.05) is 18.1 Å². The summed E-state index contributed by atoms with van der Waals surface area (Å²) in [5, 5.41) is 8.15. The highest BCUT2D eigenvalue weighted by molar-refractivity contribution is 7.08. The fraction of sp³-hybridized carbons (Fsp3) is 0.423. The molecule has 0 N–H and O–H groups in total. The van der Waals surface area contributed by atoms with E-state index in [1.54, 1.807) is 27.6 Å². The van der Waals surface area contributed by atoms with Crippen LogP contribution in [0.4, 0.5) is 10.5 Å². The molecule has 1 aromatic carbocycles. The Kier molecular flexibility index (Phi) is 7.29. The lowest BCUT2D eigenvalue weighted by Gasteiger charge is -2.39. The van der Waals surface area contributed by atoms with Crippen molar-refractivity contribution in [1.29, 1.82) is 0 Å². The van der Waals surface area contributed by atoms with Crippen molar-refractivity contribution in [2.24, 2.45) is 0 Å². The Morgan fingerprint density at radius 3 is 2.45 bits per heavy atom. The van der Waals surface area contributed by atoms with E-state index in [2.05, 4.69) is 16.3 Å². The first kappa shape index (κ1) is 22.4. The minimum Gasteiger partial charge on any atom is -0.494 e. The molecule has 7 heteroatoms. The zero-order valence-corrected chi connectivity index (χ0v) is 20.3. The number of carbonyl (C=O) groups is 1. The number of fused-ring (bicyclic) bond motifs is 2. The average molecular weight is 483 g/mol. The molecule has 33 heavy (non-hydrogen) atoms. The Labute approximate surface area is 203 Å². The van der Waals surface area contributed by atoms with Gasteiger partial charge in [-0.3, -0.25) is 9.80 Å². The van der Waals surface area contributed by atoms with Crippen LogP contribution in [0.15, 0.2) is 64.0 Å². The number of hydrogen-bond acceptors (Lipinski definition) is 6. The molecule has 3 aromatic rings. The van der Waals surface area contributed by atoms with Gasteiger partial charge >= 0.3 is 6.09 Å². The molecular weight excluding hydrogens is 452 g/mol. The van der Waals surface area contributed by atoms with E-state index in [0.29, 0.717) is 18.6 Å². The van der Waals surface area contributed by atoms with Crippen molar-refractivity contribution in [3.8, 4) is 5.75 Å². The highest BCUT2D eigenvalue weighted by atomic mass is 32.1. The Balaban J connectivity index is 1.13. The topological polar surface area (TPSA) is 42.0 Å². The number of rotatable bonds is 9. The van der Waals surface area contributed by atoms with Gasteiger partial charge in [0.25, 0.3) is 0 Å².